The first-order chi connectivity index (χ1) is 13.7. The number of phenols is 1. The van der Waals surface area contributed by atoms with E-state index in [0.29, 0.717) is 18.2 Å². The molecule has 6 nitrogen and oxygen atoms in total. The molecule has 3 N–H and O–H groups in total. The Kier molecular flexibility index (Phi) is 6.96. The zero-order valence-electron chi connectivity index (χ0n) is 14.6. The van der Waals surface area contributed by atoms with Gasteiger partial charge in [-0.2, -0.15) is 4.39 Å². The Hall–Kier alpha value is -3.82. The third-order valence-corrected chi connectivity index (χ3v) is 3.50. The van der Waals surface area contributed by atoms with E-state index in [1.165, 1.54) is 0 Å². The van der Waals surface area contributed by atoms with Crippen LogP contribution in [0.25, 0.3) is 0 Å². The van der Waals surface area contributed by atoms with Gasteiger partial charge in [-0.15, -0.1) is 0 Å². The Morgan fingerprint density at radius 1 is 0.931 bits per heavy atom. The van der Waals surface area contributed by atoms with Gasteiger partial charge in [-0.1, -0.05) is 30.3 Å². The van der Waals surface area contributed by atoms with E-state index in [2.05, 4.69) is 0 Å². The highest BCUT2D eigenvalue weighted by molar-refractivity contribution is 5.44. The Balaban J connectivity index is 0.000000253. The van der Waals surface area contributed by atoms with Crippen molar-refractivity contribution in [2.75, 3.05) is 5.73 Å². The number of benzene rings is 3. The topological polar surface area (TPSA) is 98.6 Å². The molecule has 3 aromatic rings. The zero-order chi connectivity index (χ0) is 21.6. The van der Waals surface area contributed by atoms with Crippen molar-refractivity contribution in [2.45, 2.75) is 6.61 Å². The van der Waals surface area contributed by atoms with Crippen LogP contribution in [-0.2, 0) is 6.61 Å². The van der Waals surface area contributed by atoms with Crippen LogP contribution in [0.15, 0.2) is 54.6 Å². The molecule has 0 saturated heterocycles. The summed E-state index contributed by atoms with van der Waals surface area (Å²) < 4.78 is 56.5. The van der Waals surface area contributed by atoms with E-state index in [1.807, 2.05) is 6.07 Å². The third-order valence-electron chi connectivity index (χ3n) is 3.50. The average Bonchev–Trinajstić information content (AvgIpc) is 2.68. The van der Waals surface area contributed by atoms with Crippen molar-refractivity contribution >= 4 is 11.4 Å². The molecular formula is C19H14F4N2O4. The largest absolute Gasteiger partial charge is 0.505 e. The summed E-state index contributed by atoms with van der Waals surface area (Å²) in [5, 5.41) is 19.0. The maximum Gasteiger partial charge on any atom is 0.307 e. The molecule has 0 aliphatic carbocycles. The number of nitrogens with two attached hydrogens (primary N) is 1. The number of hydrogen-bond acceptors (Lipinski definition) is 5. The molecule has 29 heavy (non-hydrogen) atoms. The summed E-state index contributed by atoms with van der Waals surface area (Å²) in [7, 11) is 0. The Labute approximate surface area is 161 Å². The fourth-order valence-corrected chi connectivity index (χ4v) is 2.06. The third kappa shape index (κ3) is 5.83. The van der Waals surface area contributed by atoms with Crippen LogP contribution in [0.2, 0.25) is 0 Å². The number of halogens is 4. The van der Waals surface area contributed by atoms with Crippen molar-refractivity contribution in [1.29, 1.82) is 0 Å². The molecule has 0 unspecified atom stereocenters. The van der Waals surface area contributed by atoms with Gasteiger partial charge in [0.15, 0.2) is 23.1 Å². The second-order valence-corrected chi connectivity index (χ2v) is 5.59. The molecule has 0 aromatic heterocycles. The van der Waals surface area contributed by atoms with Crippen LogP contribution in [0.5, 0.6) is 11.5 Å². The number of hydrogen-bond donors (Lipinski definition) is 2. The second-order valence-electron chi connectivity index (χ2n) is 5.59. The molecule has 0 heterocycles. The van der Waals surface area contributed by atoms with E-state index in [1.54, 1.807) is 24.3 Å². The molecule has 0 saturated carbocycles. The van der Waals surface area contributed by atoms with Gasteiger partial charge in [0.05, 0.1) is 16.7 Å². The minimum absolute atomic E-state index is 0.0506. The van der Waals surface area contributed by atoms with E-state index >= 15 is 0 Å². The molecule has 3 aromatic carbocycles. The summed E-state index contributed by atoms with van der Waals surface area (Å²) >= 11 is 0. The molecule has 0 fully saturated rings. The smallest absolute Gasteiger partial charge is 0.307 e. The van der Waals surface area contributed by atoms with Crippen LogP contribution in [-0.4, -0.2) is 10.0 Å². The standard InChI is InChI=1S/C13H9F2NO3.C6H5F2NO/c14-10-7-13(11(15)6-12(10)16(17)18)19-8-9-4-2-1-3-5-9;7-3-2-6(10)4(8)1-5(3)9/h1-7H,8H2;1-2,10H,9H2. The predicted molar refractivity (Wildman–Crippen MR) is 96.2 cm³/mol. The number of nitro groups is 1. The summed E-state index contributed by atoms with van der Waals surface area (Å²) in [6, 6.07) is 11.5. The molecule has 10 heteroatoms. The van der Waals surface area contributed by atoms with Gasteiger partial charge in [0, 0.05) is 18.2 Å². The van der Waals surface area contributed by atoms with Gasteiger partial charge in [-0.05, 0) is 5.56 Å². The molecule has 0 atom stereocenters. The van der Waals surface area contributed by atoms with Gasteiger partial charge in [-0.25, -0.2) is 13.2 Å². The highest BCUT2D eigenvalue weighted by Gasteiger charge is 2.19. The van der Waals surface area contributed by atoms with Crippen molar-refractivity contribution in [3.63, 3.8) is 0 Å². The first-order valence-corrected chi connectivity index (χ1v) is 7.92. The molecule has 3 rings (SSSR count). The lowest BCUT2D eigenvalue weighted by molar-refractivity contribution is -0.387. The molecule has 0 radical (unpaired) electrons. The molecular weight excluding hydrogens is 396 g/mol. The lowest BCUT2D eigenvalue weighted by Crippen LogP contribution is -2.00. The molecule has 0 aliphatic rings. The maximum absolute atomic E-state index is 13.5. The van der Waals surface area contributed by atoms with E-state index in [-0.39, 0.29) is 18.0 Å². The quantitative estimate of drug-likeness (QED) is 0.214. The number of nitrogen functional groups attached to an aromatic ring is 1. The molecule has 0 amide bonds. The van der Waals surface area contributed by atoms with Gasteiger partial charge in [0.25, 0.3) is 0 Å². The minimum Gasteiger partial charge on any atom is -0.505 e. The van der Waals surface area contributed by atoms with Crippen molar-refractivity contribution in [1.82, 2.24) is 0 Å². The number of phenolic OH excluding ortho intramolecular Hbond substituents is 1. The van der Waals surface area contributed by atoms with Crippen molar-refractivity contribution in [2.24, 2.45) is 0 Å². The summed E-state index contributed by atoms with van der Waals surface area (Å²) in [6.45, 7) is 0.0506. The van der Waals surface area contributed by atoms with Crippen LogP contribution in [0.3, 0.4) is 0 Å². The van der Waals surface area contributed by atoms with Crippen LogP contribution in [0, 0.1) is 33.4 Å². The number of nitrogens with zero attached hydrogens (tertiary/aromatic N) is 1. The lowest BCUT2D eigenvalue weighted by Gasteiger charge is -2.07. The van der Waals surface area contributed by atoms with Crippen LogP contribution in [0.4, 0.5) is 28.9 Å². The molecule has 0 aliphatic heterocycles. The molecule has 152 valence electrons. The van der Waals surface area contributed by atoms with Crippen LogP contribution in [0.1, 0.15) is 5.56 Å². The highest BCUT2D eigenvalue weighted by Crippen LogP contribution is 2.27. The van der Waals surface area contributed by atoms with E-state index in [0.717, 1.165) is 11.6 Å². The fraction of sp³-hybridized carbons (Fsp3) is 0.0526. The summed E-state index contributed by atoms with van der Waals surface area (Å²) in [6.07, 6.45) is 0. The first kappa shape index (κ1) is 21.5. The summed E-state index contributed by atoms with van der Waals surface area (Å²) in [5.74, 6) is -4.92. The van der Waals surface area contributed by atoms with E-state index in [4.69, 9.17) is 15.6 Å². The van der Waals surface area contributed by atoms with Gasteiger partial charge in [-0.3, -0.25) is 10.1 Å². The Morgan fingerprint density at radius 2 is 1.59 bits per heavy atom. The minimum atomic E-state index is -1.13. The molecule has 0 bridgehead atoms. The van der Waals surface area contributed by atoms with Gasteiger partial charge in [0.2, 0.25) is 5.82 Å². The van der Waals surface area contributed by atoms with Crippen LogP contribution >= 0.6 is 0 Å². The first-order valence-electron chi connectivity index (χ1n) is 7.92. The Bertz CT molecular complexity index is 967. The van der Waals surface area contributed by atoms with Crippen molar-refractivity contribution < 1.29 is 32.3 Å². The second kappa shape index (κ2) is 9.40. The molecule has 0 spiro atoms. The maximum atomic E-state index is 13.5. The summed E-state index contributed by atoms with van der Waals surface area (Å²) in [5.41, 5.74) is 4.52. The average molecular weight is 410 g/mol. The number of anilines is 1. The van der Waals surface area contributed by atoms with Crippen LogP contribution < -0.4 is 10.5 Å². The normalized spacial score (nSPS) is 10.1. The van der Waals surface area contributed by atoms with Crippen molar-refractivity contribution in [3.05, 3.63) is 93.5 Å². The highest BCUT2D eigenvalue weighted by atomic mass is 19.1. The number of aromatic hydroxyl groups is 1. The fourth-order valence-electron chi connectivity index (χ4n) is 2.06. The van der Waals surface area contributed by atoms with E-state index in [9.17, 15) is 27.7 Å². The summed E-state index contributed by atoms with van der Waals surface area (Å²) in [4.78, 5) is 9.44. The lowest BCUT2D eigenvalue weighted by atomic mass is 10.2. The van der Waals surface area contributed by atoms with E-state index < -0.39 is 39.6 Å². The number of rotatable bonds is 4. The van der Waals surface area contributed by atoms with Gasteiger partial charge < -0.3 is 15.6 Å². The number of ether oxygens (including phenoxy) is 1. The SMILES string of the molecule is Nc1cc(F)c(O)cc1F.O=[N+]([O-])c1cc(F)c(OCc2ccccc2)cc1F. The Morgan fingerprint density at radius 3 is 2.17 bits per heavy atom. The zero-order valence-corrected chi connectivity index (χ0v) is 14.6. The number of nitro benzene ring substituents is 1. The van der Waals surface area contributed by atoms with Gasteiger partial charge >= 0.3 is 5.69 Å². The monoisotopic (exact) mass is 410 g/mol. The van der Waals surface area contributed by atoms with Gasteiger partial charge in [0.1, 0.15) is 12.4 Å². The predicted octanol–water partition coefficient (Wildman–Crippen LogP) is 4.70. The van der Waals surface area contributed by atoms with Crippen molar-refractivity contribution in [3.8, 4) is 11.5 Å².